The molecule has 3 rings (SSSR count). The Morgan fingerprint density at radius 3 is 2.36 bits per heavy atom. The van der Waals surface area contributed by atoms with Crippen LogP contribution in [0.5, 0.6) is 0 Å². The molecule has 0 fully saturated rings. The van der Waals surface area contributed by atoms with Crippen molar-refractivity contribution in [3.63, 3.8) is 0 Å². The van der Waals surface area contributed by atoms with Gasteiger partial charge in [-0.05, 0) is 48.0 Å². The van der Waals surface area contributed by atoms with Gasteiger partial charge in [0.25, 0.3) is 0 Å². The first-order valence-electron chi connectivity index (χ1n) is 7.97. The highest BCUT2D eigenvalue weighted by atomic mass is 35.5. The van der Waals surface area contributed by atoms with E-state index >= 15 is 0 Å². The molecular weight excluding hydrogens is 337 g/mol. The van der Waals surface area contributed by atoms with Gasteiger partial charge in [-0.2, -0.15) is 0 Å². The van der Waals surface area contributed by atoms with Crippen LogP contribution in [0.4, 0.5) is 10.1 Å². The molecule has 1 N–H and O–H groups in total. The zero-order valence-electron chi connectivity index (χ0n) is 13.5. The van der Waals surface area contributed by atoms with Crippen LogP contribution in [0.15, 0.2) is 78.9 Å². The number of Topliss-reactive ketones (excluding diaryl/α,β-unsaturated/α-hetero) is 1. The van der Waals surface area contributed by atoms with Crippen molar-refractivity contribution in [2.45, 2.75) is 12.5 Å². The molecule has 1 unspecified atom stereocenters. The van der Waals surface area contributed by atoms with Crippen LogP contribution in [-0.2, 0) is 0 Å². The Morgan fingerprint density at radius 2 is 1.68 bits per heavy atom. The van der Waals surface area contributed by atoms with E-state index in [1.807, 2.05) is 48.5 Å². The van der Waals surface area contributed by atoms with Crippen LogP contribution in [0, 0.1) is 5.82 Å². The van der Waals surface area contributed by atoms with Crippen molar-refractivity contribution < 1.29 is 9.18 Å². The predicted octanol–water partition coefficient (Wildman–Crippen LogP) is 5.91. The zero-order chi connectivity index (χ0) is 17.6. The van der Waals surface area contributed by atoms with Crippen molar-refractivity contribution in [1.82, 2.24) is 0 Å². The zero-order valence-corrected chi connectivity index (χ0v) is 14.2. The van der Waals surface area contributed by atoms with Crippen LogP contribution in [0.25, 0.3) is 0 Å². The topological polar surface area (TPSA) is 29.1 Å². The molecular formula is C21H17ClFNO. The summed E-state index contributed by atoms with van der Waals surface area (Å²) in [5.74, 6) is -0.406. The van der Waals surface area contributed by atoms with Crippen LogP contribution < -0.4 is 5.32 Å². The SMILES string of the molecule is O=C(CC(Nc1cccc(Cl)c1)c1ccccc1)c1ccc(F)cc1. The molecule has 0 aliphatic carbocycles. The Labute approximate surface area is 151 Å². The fourth-order valence-electron chi connectivity index (χ4n) is 2.66. The average Bonchev–Trinajstić information content (AvgIpc) is 2.62. The first-order chi connectivity index (χ1) is 12.1. The maximum Gasteiger partial charge on any atom is 0.165 e. The lowest BCUT2D eigenvalue weighted by Gasteiger charge is -2.20. The molecule has 0 spiro atoms. The van der Waals surface area contributed by atoms with E-state index < -0.39 is 0 Å². The van der Waals surface area contributed by atoms with Gasteiger partial charge < -0.3 is 5.32 Å². The largest absolute Gasteiger partial charge is 0.378 e. The third-order valence-corrected chi connectivity index (χ3v) is 4.16. The molecule has 0 saturated heterocycles. The molecule has 3 aromatic carbocycles. The first kappa shape index (κ1) is 17.2. The van der Waals surface area contributed by atoms with Gasteiger partial charge in [-0.3, -0.25) is 4.79 Å². The second kappa shape index (κ2) is 7.95. The van der Waals surface area contributed by atoms with Crippen molar-refractivity contribution >= 4 is 23.1 Å². The highest BCUT2D eigenvalue weighted by molar-refractivity contribution is 6.30. The standard InChI is InChI=1S/C21H17ClFNO/c22-17-7-4-8-19(13-17)24-20(15-5-2-1-3-6-15)14-21(25)16-9-11-18(23)12-10-16/h1-13,20,24H,14H2. The molecule has 0 heterocycles. The lowest BCUT2D eigenvalue weighted by atomic mass is 9.97. The lowest BCUT2D eigenvalue weighted by Crippen LogP contribution is -2.15. The van der Waals surface area contributed by atoms with E-state index in [1.165, 1.54) is 24.3 Å². The Kier molecular flexibility index (Phi) is 5.46. The molecule has 1 atom stereocenters. The molecule has 0 bridgehead atoms. The van der Waals surface area contributed by atoms with Crippen molar-refractivity contribution in [2.75, 3.05) is 5.32 Å². The van der Waals surface area contributed by atoms with Crippen LogP contribution in [0.2, 0.25) is 5.02 Å². The second-order valence-corrected chi connectivity index (χ2v) is 6.19. The number of ketones is 1. The second-order valence-electron chi connectivity index (χ2n) is 5.75. The number of rotatable bonds is 6. The van der Waals surface area contributed by atoms with E-state index in [2.05, 4.69) is 5.32 Å². The minimum absolute atomic E-state index is 0.0524. The molecule has 126 valence electrons. The van der Waals surface area contributed by atoms with Gasteiger partial charge in [0.15, 0.2) is 5.78 Å². The van der Waals surface area contributed by atoms with E-state index in [1.54, 1.807) is 6.07 Å². The summed E-state index contributed by atoms with van der Waals surface area (Å²) >= 11 is 6.05. The maximum atomic E-state index is 13.1. The number of hydrogen-bond acceptors (Lipinski definition) is 2. The number of halogens is 2. The summed E-state index contributed by atoms with van der Waals surface area (Å²) in [5.41, 5.74) is 2.33. The highest BCUT2D eigenvalue weighted by Gasteiger charge is 2.17. The first-order valence-corrected chi connectivity index (χ1v) is 8.35. The van der Waals surface area contributed by atoms with Gasteiger partial charge in [0, 0.05) is 22.7 Å². The number of carbonyl (C=O) groups excluding carboxylic acids is 1. The third kappa shape index (κ3) is 4.68. The normalized spacial score (nSPS) is 11.8. The molecule has 0 saturated carbocycles. The van der Waals surface area contributed by atoms with Gasteiger partial charge in [-0.15, -0.1) is 0 Å². The van der Waals surface area contributed by atoms with Crippen molar-refractivity contribution in [2.24, 2.45) is 0 Å². The molecule has 0 amide bonds. The van der Waals surface area contributed by atoms with E-state index in [9.17, 15) is 9.18 Å². The molecule has 0 radical (unpaired) electrons. The molecule has 0 aliphatic heterocycles. The molecule has 0 aliphatic rings. The number of benzene rings is 3. The van der Waals surface area contributed by atoms with E-state index in [-0.39, 0.29) is 24.1 Å². The summed E-state index contributed by atoms with van der Waals surface area (Å²) in [5, 5.41) is 4.00. The van der Waals surface area contributed by atoms with E-state index in [0.29, 0.717) is 10.6 Å². The van der Waals surface area contributed by atoms with E-state index in [0.717, 1.165) is 11.3 Å². The van der Waals surface area contributed by atoms with Gasteiger partial charge in [-0.1, -0.05) is 48.0 Å². The van der Waals surface area contributed by atoms with Crippen molar-refractivity contribution in [1.29, 1.82) is 0 Å². The van der Waals surface area contributed by atoms with Gasteiger partial charge in [0.1, 0.15) is 5.82 Å². The van der Waals surface area contributed by atoms with Crippen LogP contribution in [-0.4, -0.2) is 5.78 Å². The minimum Gasteiger partial charge on any atom is -0.378 e. The Balaban J connectivity index is 1.83. The summed E-state index contributed by atoms with van der Waals surface area (Å²) in [4.78, 5) is 12.6. The summed E-state index contributed by atoms with van der Waals surface area (Å²) in [6.45, 7) is 0. The van der Waals surface area contributed by atoms with Gasteiger partial charge >= 0.3 is 0 Å². The fraction of sp³-hybridized carbons (Fsp3) is 0.0952. The smallest absolute Gasteiger partial charge is 0.165 e. The fourth-order valence-corrected chi connectivity index (χ4v) is 2.85. The number of hydrogen-bond donors (Lipinski definition) is 1. The Morgan fingerprint density at radius 1 is 0.960 bits per heavy atom. The summed E-state index contributed by atoms with van der Waals surface area (Å²) in [6, 6.07) is 22.5. The lowest BCUT2D eigenvalue weighted by molar-refractivity contribution is 0.0976. The summed E-state index contributed by atoms with van der Waals surface area (Å²) in [6.07, 6.45) is 0.252. The van der Waals surface area contributed by atoms with Gasteiger partial charge in [-0.25, -0.2) is 4.39 Å². The molecule has 0 aromatic heterocycles. The predicted molar refractivity (Wildman–Crippen MR) is 99.6 cm³/mol. The maximum absolute atomic E-state index is 13.1. The Bertz CT molecular complexity index is 849. The minimum atomic E-state index is -0.354. The van der Waals surface area contributed by atoms with Gasteiger partial charge in [0.05, 0.1) is 6.04 Å². The highest BCUT2D eigenvalue weighted by Crippen LogP contribution is 2.26. The number of nitrogens with one attached hydrogen (secondary N) is 1. The summed E-state index contributed by atoms with van der Waals surface area (Å²) in [7, 11) is 0. The van der Waals surface area contributed by atoms with Crippen molar-refractivity contribution in [3.05, 3.63) is 101 Å². The van der Waals surface area contributed by atoms with Crippen LogP contribution >= 0.6 is 11.6 Å². The molecule has 3 aromatic rings. The average molecular weight is 354 g/mol. The molecule has 2 nitrogen and oxygen atoms in total. The van der Waals surface area contributed by atoms with Crippen LogP contribution in [0.3, 0.4) is 0 Å². The van der Waals surface area contributed by atoms with E-state index in [4.69, 9.17) is 11.6 Å². The third-order valence-electron chi connectivity index (χ3n) is 3.92. The summed E-state index contributed by atoms with van der Waals surface area (Å²) < 4.78 is 13.1. The van der Waals surface area contributed by atoms with Crippen LogP contribution in [0.1, 0.15) is 28.4 Å². The molecule has 4 heteroatoms. The quantitative estimate of drug-likeness (QED) is 0.558. The molecule has 25 heavy (non-hydrogen) atoms. The monoisotopic (exact) mass is 353 g/mol. The van der Waals surface area contributed by atoms with Crippen molar-refractivity contribution in [3.8, 4) is 0 Å². The van der Waals surface area contributed by atoms with Gasteiger partial charge in [0.2, 0.25) is 0 Å². The number of anilines is 1. The Hall–Kier alpha value is -2.65. The number of carbonyl (C=O) groups is 1.